The van der Waals surface area contributed by atoms with Crippen molar-refractivity contribution in [2.75, 3.05) is 13.6 Å². The second-order valence-corrected chi connectivity index (χ2v) is 9.87. The van der Waals surface area contributed by atoms with E-state index in [2.05, 4.69) is 0 Å². The predicted molar refractivity (Wildman–Crippen MR) is 147 cm³/mol. The molecule has 0 aliphatic carbocycles. The van der Waals surface area contributed by atoms with Crippen LogP contribution < -0.4 is 11.3 Å². The van der Waals surface area contributed by atoms with Crippen LogP contribution >= 0.6 is 0 Å². The summed E-state index contributed by atoms with van der Waals surface area (Å²) >= 11 is 0. The van der Waals surface area contributed by atoms with Gasteiger partial charge in [0.05, 0.1) is 19.3 Å². The van der Waals surface area contributed by atoms with E-state index in [0.29, 0.717) is 22.0 Å². The number of amides is 2. The molecular formula is C30H27N5O4. The van der Waals surface area contributed by atoms with E-state index >= 15 is 0 Å². The van der Waals surface area contributed by atoms with Crippen LogP contribution in [0.25, 0.3) is 22.1 Å². The number of hydrogen-bond acceptors (Lipinski definition) is 6. The molecule has 39 heavy (non-hydrogen) atoms. The van der Waals surface area contributed by atoms with Gasteiger partial charge in [0.1, 0.15) is 16.9 Å². The number of furan rings is 1. The van der Waals surface area contributed by atoms with Gasteiger partial charge in [0.15, 0.2) is 6.04 Å². The molecule has 1 aliphatic rings. The van der Waals surface area contributed by atoms with Gasteiger partial charge in [-0.05, 0) is 36.8 Å². The van der Waals surface area contributed by atoms with Gasteiger partial charge in [-0.2, -0.15) is 0 Å². The van der Waals surface area contributed by atoms with E-state index in [1.165, 1.54) is 14.4 Å². The number of para-hydroxylation sites is 1. The minimum absolute atomic E-state index is 0.0744. The number of carbonyl (C=O) groups is 2. The highest BCUT2D eigenvalue weighted by Gasteiger charge is 2.44. The zero-order chi connectivity index (χ0) is 27.3. The van der Waals surface area contributed by atoms with Crippen molar-refractivity contribution in [2.24, 2.45) is 5.73 Å². The van der Waals surface area contributed by atoms with Crippen LogP contribution in [0.2, 0.25) is 0 Å². The lowest BCUT2D eigenvalue weighted by Gasteiger charge is -2.42. The Labute approximate surface area is 224 Å². The van der Waals surface area contributed by atoms with Gasteiger partial charge in [0.25, 0.3) is 17.4 Å². The molecule has 0 spiro atoms. The molecule has 2 amide bonds. The van der Waals surface area contributed by atoms with E-state index in [0.717, 1.165) is 11.1 Å². The lowest BCUT2D eigenvalue weighted by atomic mass is 10.0. The van der Waals surface area contributed by atoms with E-state index in [1.54, 1.807) is 25.2 Å². The van der Waals surface area contributed by atoms with Crippen molar-refractivity contribution in [2.45, 2.75) is 25.7 Å². The lowest BCUT2D eigenvalue weighted by Crippen LogP contribution is -2.61. The van der Waals surface area contributed by atoms with Crippen molar-refractivity contribution in [3.05, 3.63) is 112 Å². The summed E-state index contributed by atoms with van der Waals surface area (Å²) in [7, 11) is 1.60. The first-order valence-corrected chi connectivity index (χ1v) is 12.7. The van der Waals surface area contributed by atoms with Crippen LogP contribution in [0.1, 0.15) is 33.4 Å². The van der Waals surface area contributed by atoms with Crippen molar-refractivity contribution >= 4 is 33.9 Å². The fraction of sp³-hybridized carbons (Fsp3) is 0.200. The minimum atomic E-state index is -1.17. The highest BCUT2D eigenvalue weighted by molar-refractivity contribution is 6.02. The van der Waals surface area contributed by atoms with Crippen LogP contribution in [-0.2, 0) is 11.3 Å². The van der Waals surface area contributed by atoms with Crippen LogP contribution in [0, 0.1) is 6.92 Å². The highest BCUT2D eigenvalue weighted by Crippen LogP contribution is 2.32. The van der Waals surface area contributed by atoms with Crippen molar-refractivity contribution in [3.63, 3.8) is 0 Å². The van der Waals surface area contributed by atoms with E-state index in [4.69, 9.17) is 15.1 Å². The first-order valence-electron chi connectivity index (χ1n) is 12.7. The average molecular weight is 522 g/mol. The number of hydrogen-bond donors (Lipinski definition) is 1. The summed E-state index contributed by atoms with van der Waals surface area (Å²) in [5.41, 5.74) is 9.08. The smallest absolute Gasteiger partial charge is 0.297 e. The first-order chi connectivity index (χ1) is 18.8. The summed E-state index contributed by atoms with van der Waals surface area (Å²) in [6, 6.07) is 22.6. The monoisotopic (exact) mass is 521 g/mol. The van der Waals surface area contributed by atoms with Gasteiger partial charge in [0.2, 0.25) is 5.58 Å². The number of fused-ring (bicyclic) bond motifs is 3. The van der Waals surface area contributed by atoms with Crippen molar-refractivity contribution in [1.82, 2.24) is 19.4 Å². The van der Waals surface area contributed by atoms with Gasteiger partial charge < -0.3 is 20.0 Å². The maximum atomic E-state index is 14.0. The number of aryl methyl sites for hydroxylation is 1. The Hall–Kier alpha value is -4.76. The molecule has 6 rings (SSSR count). The molecule has 0 saturated carbocycles. The summed E-state index contributed by atoms with van der Waals surface area (Å²) in [6.07, 6.45) is -0.712. The first kappa shape index (κ1) is 24.6. The summed E-state index contributed by atoms with van der Waals surface area (Å²) in [5.74, 6) is -0.628. The molecule has 1 aliphatic heterocycles. The van der Waals surface area contributed by atoms with Crippen molar-refractivity contribution in [3.8, 4) is 0 Å². The molecule has 9 heteroatoms. The fourth-order valence-corrected chi connectivity index (χ4v) is 5.05. The van der Waals surface area contributed by atoms with Gasteiger partial charge >= 0.3 is 0 Å². The average Bonchev–Trinajstić information content (AvgIpc) is 3.33. The number of carbonyl (C=O) groups excluding carboxylic acids is 2. The molecule has 2 N–H and O–H groups in total. The predicted octanol–water partition coefficient (Wildman–Crippen LogP) is 3.44. The molecule has 0 radical (unpaired) electrons. The number of nitrogens with zero attached hydrogens (tertiary/aromatic N) is 4. The Bertz CT molecular complexity index is 1780. The summed E-state index contributed by atoms with van der Waals surface area (Å²) in [4.78, 5) is 49.4. The standard InChI is InChI=1S/C30H27N5O4/c1-18-12-14-20(15-13-18)28(36)34-17-23(31)33(2)29(37)25(34)27-32-24-21-10-6-7-11-22(21)39-26(24)30(38)35(27)16-19-8-4-3-5-9-19/h3-15,23,25H,16-17,31H2,1-2H3. The molecule has 9 nitrogen and oxygen atoms in total. The summed E-state index contributed by atoms with van der Waals surface area (Å²) in [6.45, 7) is 2.15. The normalized spacial score (nSPS) is 17.8. The fourth-order valence-electron chi connectivity index (χ4n) is 5.05. The molecular weight excluding hydrogens is 494 g/mol. The molecule has 5 aromatic rings. The quantitative estimate of drug-likeness (QED) is 0.388. The minimum Gasteiger partial charge on any atom is -0.448 e. The molecule has 2 atom stereocenters. The Balaban J connectivity index is 1.60. The second-order valence-electron chi connectivity index (χ2n) is 9.87. The van der Waals surface area contributed by atoms with Gasteiger partial charge in [-0.3, -0.25) is 19.0 Å². The Kier molecular flexibility index (Phi) is 6.00. The Morgan fingerprint density at radius 2 is 1.69 bits per heavy atom. The molecule has 196 valence electrons. The third-order valence-corrected chi connectivity index (χ3v) is 7.27. The second kappa shape index (κ2) is 9.52. The van der Waals surface area contributed by atoms with E-state index in [-0.39, 0.29) is 30.4 Å². The van der Waals surface area contributed by atoms with Crippen LogP contribution in [0.3, 0.4) is 0 Å². The van der Waals surface area contributed by atoms with E-state index in [1.807, 2.05) is 67.6 Å². The molecule has 3 aromatic carbocycles. The van der Waals surface area contributed by atoms with Crippen LogP contribution in [-0.4, -0.2) is 50.9 Å². The summed E-state index contributed by atoms with van der Waals surface area (Å²) < 4.78 is 7.37. The number of nitrogens with two attached hydrogens (primary N) is 1. The Morgan fingerprint density at radius 1 is 1.00 bits per heavy atom. The SMILES string of the molecule is Cc1ccc(C(=O)N2CC(N)N(C)C(=O)C2c2nc3c(oc4ccccc43)c(=O)n2Cc2ccccc2)cc1. The van der Waals surface area contributed by atoms with E-state index in [9.17, 15) is 14.4 Å². The maximum absolute atomic E-state index is 14.0. The van der Waals surface area contributed by atoms with Crippen LogP contribution in [0.4, 0.5) is 0 Å². The van der Waals surface area contributed by atoms with Crippen LogP contribution in [0.5, 0.6) is 0 Å². The third-order valence-electron chi connectivity index (χ3n) is 7.27. The Morgan fingerprint density at radius 3 is 2.44 bits per heavy atom. The van der Waals surface area contributed by atoms with Gasteiger partial charge in [-0.15, -0.1) is 0 Å². The van der Waals surface area contributed by atoms with Gasteiger partial charge in [0, 0.05) is 18.0 Å². The number of likely N-dealkylation sites (N-methyl/N-ethyl adjacent to an activating group) is 1. The van der Waals surface area contributed by atoms with Gasteiger partial charge in [-0.1, -0.05) is 60.2 Å². The molecule has 3 heterocycles. The number of piperazine rings is 1. The van der Waals surface area contributed by atoms with Crippen molar-refractivity contribution in [1.29, 1.82) is 0 Å². The zero-order valence-electron chi connectivity index (χ0n) is 21.6. The number of aromatic nitrogens is 2. The van der Waals surface area contributed by atoms with Crippen molar-refractivity contribution < 1.29 is 14.0 Å². The van der Waals surface area contributed by atoms with Crippen LogP contribution in [0.15, 0.2) is 88.1 Å². The molecule has 1 saturated heterocycles. The molecule has 2 unspecified atom stereocenters. The van der Waals surface area contributed by atoms with E-state index < -0.39 is 23.7 Å². The number of rotatable bonds is 4. The molecule has 0 bridgehead atoms. The number of benzene rings is 3. The topological polar surface area (TPSA) is 115 Å². The maximum Gasteiger partial charge on any atom is 0.297 e. The highest BCUT2D eigenvalue weighted by atomic mass is 16.3. The zero-order valence-corrected chi connectivity index (χ0v) is 21.6. The molecule has 1 fully saturated rings. The lowest BCUT2D eigenvalue weighted by molar-refractivity contribution is -0.142. The summed E-state index contributed by atoms with van der Waals surface area (Å²) in [5, 5.41) is 0.655. The largest absolute Gasteiger partial charge is 0.448 e. The third kappa shape index (κ3) is 4.17. The molecule has 2 aromatic heterocycles. The van der Waals surface area contributed by atoms with Gasteiger partial charge in [-0.25, -0.2) is 4.98 Å².